The standard InChI is InChI=1S/C17H20ClFN4O/c1-12-10-16(20-21(12)2)17(24)23-8-6-22(7-9-23)11-13-14(18)4-3-5-15(13)19/h3-5,10H,6-9,11H2,1-2H3. The summed E-state index contributed by atoms with van der Waals surface area (Å²) in [5, 5.41) is 4.68. The van der Waals surface area contributed by atoms with Crippen molar-refractivity contribution >= 4 is 17.5 Å². The lowest BCUT2D eigenvalue weighted by Crippen LogP contribution is -2.48. The van der Waals surface area contributed by atoms with E-state index in [1.165, 1.54) is 6.07 Å². The number of rotatable bonds is 3. The lowest BCUT2D eigenvalue weighted by atomic mass is 10.1. The van der Waals surface area contributed by atoms with Crippen LogP contribution in [0.4, 0.5) is 4.39 Å². The minimum Gasteiger partial charge on any atom is -0.335 e. The lowest BCUT2D eigenvalue weighted by molar-refractivity contribution is 0.0620. The first kappa shape index (κ1) is 16.9. The van der Waals surface area contributed by atoms with Gasteiger partial charge in [0.2, 0.25) is 0 Å². The predicted octanol–water partition coefficient (Wildman–Crippen LogP) is 2.48. The van der Waals surface area contributed by atoms with Gasteiger partial charge in [-0.3, -0.25) is 14.4 Å². The Hall–Kier alpha value is -1.92. The molecule has 1 saturated heterocycles. The molecular formula is C17H20ClFN4O. The van der Waals surface area contributed by atoms with Crippen molar-refractivity contribution in [3.63, 3.8) is 0 Å². The van der Waals surface area contributed by atoms with Gasteiger partial charge in [0.05, 0.1) is 0 Å². The second-order valence-electron chi connectivity index (χ2n) is 6.06. The van der Waals surface area contributed by atoms with E-state index < -0.39 is 0 Å². The van der Waals surface area contributed by atoms with Gasteiger partial charge in [-0.15, -0.1) is 0 Å². The van der Waals surface area contributed by atoms with Gasteiger partial charge in [0.15, 0.2) is 5.69 Å². The molecule has 0 N–H and O–H groups in total. The number of aromatic nitrogens is 2. The molecule has 2 heterocycles. The first-order valence-corrected chi connectivity index (χ1v) is 8.28. The van der Waals surface area contributed by atoms with Crippen molar-refractivity contribution in [2.75, 3.05) is 26.2 Å². The summed E-state index contributed by atoms with van der Waals surface area (Å²) in [7, 11) is 1.82. The van der Waals surface area contributed by atoms with E-state index >= 15 is 0 Å². The van der Waals surface area contributed by atoms with E-state index in [1.54, 1.807) is 27.8 Å². The van der Waals surface area contributed by atoms with Gasteiger partial charge in [-0.2, -0.15) is 5.10 Å². The largest absolute Gasteiger partial charge is 0.335 e. The minimum atomic E-state index is -0.287. The van der Waals surface area contributed by atoms with E-state index in [0.29, 0.717) is 49.0 Å². The normalized spacial score (nSPS) is 15.8. The Labute approximate surface area is 145 Å². The second-order valence-corrected chi connectivity index (χ2v) is 6.47. The highest BCUT2D eigenvalue weighted by molar-refractivity contribution is 6.31. The number of carbonyl (C=O) groups is 1. The van der Waals surface area contributed by atoms with Crippen LogP contribution >= 0.6 is 11.6 Å². The number of halogens is 2. The molecule has 24 heavy (non-hydrogen) atoms. The fourth-order valence-electron chi connectivity index (χ4n) is 2.84. The molecule has 7 heteroatoms. The van der Waals surface area contributed by atoms with E-state index in [0.717, 1.165) is 5.69 Å². The first-order chi connectivity index (χ1) is 11.5. The van der Waals surface area contributed by atoms with Crippen molar-refractivity contribution in [3.8, 4) is 0 Å². The fourth-order valence-corrected chi connectivity index (χ4v) is 3.07. The van der Waals surface area contributed by atoms with E-state index in [4.69, 9.17) is 11.6 Å². The Morgan fingerprint density at radius 2 is 2.00 bits per heavy atom. The second kappa shape index (κ2) is 6.91. The van der Waals surface area contributed by atoms with Crippen LogP contribution in [0, 0.1) is 12.7 Å². The van der Waals surface area contributed by atoms with Gasteiger partial charge in [-0.05, 0) is 25.1 Å². The smallest absolute Gasteiger partial charge is 0.274 e. The van der Waals surface area contributed by atoms with Crippen molar-refractivity contribution < 1.29 is 9.18 Å². The van der Waals surface area contributed by atoms with Gasteiger partial charge in [0.1, 0.15) is 5.82 Å². The number of nitrogens with zero attached hydrogens (tertiary/aromatic N) is 4. The highest BCUT2D eigenvalue weighted by Gasteiger charge is 2.24. The van der Waals surface area contributed by atoms with Crippen LogP contribution in [-0.2, 0) is 13.6 Å². The number of amides is 1. The molecule has 1 aromatic heterocycles. The van der Waals surface area contributed by atoms with Crippen molar-refractivity contribution in [3.05, 3.63) is 52.1 Å². The van der Waals surface area contributed by atoms with E-state index in [-0.39, 0.29) is 11.7 Å². The lowest BCUT2D eigenvalue weighted by Gasteiger charge is -2.34. The van der Waals surface area contributed by atoms with Gasteiger partial charge in [-0.1, -0.05) is 17.7 Å². The predicted molar refractivity (Wildman–Crippen MR) is 90.5 cm³/mol. The van der Waals surface area contributed by atoms with Crippen LogP contribution in [0.1, 0.15) is 21.7 Å². The highest BCUT2D eigenvalue weighted by atomic mass is 35.5. The summed E-state index contributed by atoms with van der Waals surface area (Å²) in [4.78, 5) is 16.4. The van der Waals surface area contributed by atoms with Gasteiger partial charge >= 0.3 is 0 Å². The maximum absolute atomic E-state index is 13.9. The Kier molecular flexibility index (Phi) is 4.87. The molecule has 1 aliphatic heterocycles. The summed E-state index contributed by atoms with van der Waals surface area (Å²) < 4.78 is 15.6. The number of benzene rings is 1. The first-order valence-electron chi connectivity index (χ1n) is 7.91. The summed E-state index contributed by atoms with van der Waals surface area (Å²) in [5.74, 6) is -0.341. The van der Waals surface area contributed by atoms with Gasteiger partial charge in [0.25, 0.3) is 5.91 Å². The number of hydrogen-bond donors (Lipinski definition) is 0. The molecule has 1 aromatic carbocycles. The summed E-state index contributed by atoms with van der Waals surface area (Å²) in [5.41, 5.74) is 1.94. The average molecular weight is 351 g/mol. The highest BCUT2D eigenvalue weighted by Crippen LogP contribution is 2.21. The minimum absolute atomic E-state index is 0.0534. The number of aryl methyl sites for hydroxylation is 2. The van der Waals surface area contributed by atoms with Crippen LogP contribution in [0.25, 0.3) is 0 Å². The van der Waals surface area contributed by atoms with E-state index in [2.05, 4.69) is 10.00 Å². The number of carbonyl (C=O) groups excluding carboxylic acids is 1. The number of piperazine rings is 1. The van der Waals surface area contributed by atoms with Crippen LogP contribution in [0.5, 0.6) is 0 Å². The Balaban J connectivity index is 1.60. The molecule has 128 valence electrons. The fraction of sp³-hybridized carbons (Fsp3) is 0.412. The molecule has 1 aliphatic rings. The quantitative estimate of drug-likeness (QED) is 0.854. The number of hydrogen-bond acceptors (Lipinski definition) is 3. The molecule has 3 rings (SSSR count). The molecule has 0 atom stereocenters. The van der Waals surface area contributed by atoms with Crippen molar-refractivity contribution in [1.29, 1.82) is 0 Å². The zero-order chi connectivity index (χ0) is 17.3. The Morgan fingerprint density at radius 1 is 1.29 bits per heavy atom. The molecule has 1 fully saturated rings. The van der Waals surface area contributed by atoms with Crippen LogP contribution in [0.3, 0.4) is 0 Å². The van der Waals surface area contributed by atoms with Crippen molar-refractivity contribution in [1.82, 2.24) is 19.6 Å². The zero-order valence-electron chi connectivity index (χ0n) is 13.8. The molecule has 0 radical (unpaired) electrons. The van der Waals surface area contributed by atoms with Crippen LogP contribution in [0.2, 0.25) is 5.02 Å². The summed E-state index contributed by atoms with van der Waals surface area (Å²) in [6.07, 6.45) is 0. The monoisotopic (exact) mass is 350 g/mol. The van der Waals surface area contributed by atoms with E-state index in [1.807, 2.05) is 14.0 Å². The van der Waals surface area contributed by atoms with Crippen LogP contribution < -0.4 is 0 Å². The third-order valence-electron chi connectivity index (χ3n) is 4.44. The summed E-state index contributed by atoms with van der Waals surface area (Å²) in [6, 6.07) is 6.52. The molecule has 0 aliphatic carbocycles. The van der Waals surface area contributed by atoms with Crippen molar-refractivity contribution in [2.24, 2.45) is 7.05 Å². The average Bonchev–Trinajstić information content (AvgIpc) is 2.90. The van der Waals surface area contributed by atoms with Crippen LogP contribution in [0.15, 0.2) is 24.3 Å². The molecule has 2 aromatic rings. The molecule has 0 unspecified atom stereocenters. The third-order valence-corrected chi connectivity index (χ3v) is 4.79. The zero-order valence-corrected chi connectivity index (χ0v) is 14.6. The summed E-state index contributed by atoms with van der Waals surface area (Å²) in [6.45, 7) is 4.93. The molecule has 1 amide bonds. The topological polar surface area (TPSA) is 41.4 Å². The Bertz CT molecular complexity index is 713. The van der Waals surface area contributed by atoms with Gasteiger partial charge in [0, 0.05) is 56.1 Å². The molecule has 0 bridgehead atoms. The van der Waals surface area contributed by atoms with E-state index in [9.17, 15) is 9.18 Å². The van der Waals surface area contributed by atoms with Gasteiger partial charge in [-0.25, -0.2) is 4.39 Å². The van der Waals surface area contributed by atoms with Gasteiger partial charge < -0.3 is 4.90 Å². The molecule has 0 spiro atoms. The maximum Gasteiger partial charge on any atom is 0.274 e. The molecule has 5 nitrogen and oxygen atoms in total. The summed E-state index contributed by atoms with van der Waals surface area (Å²) >= 11 is 6.08. The third kappa shape index (κ3) is 3.44. The Morgan fingerprint density at radius 3 is 2.58 bits per heavy atom. The molecule has 0 saturated carbocycles. The SMILES string of the molecule is Cc1cc(C(=O)N2CCN(Cc3c(F)cccc3Cl)CC2)nn1C. The maximum atomic E-state index is 13.9. The molecular weight excluding hydrogens is 331 g/mol. The van der Waals surface area contributed by atoms with Crippen molar-refractivity contribution in [2.45, 2.75) is 13.5 Å². The van der Waals surface area contributed by atoms with Crippen LogP contribution in [-0.4, -0.2) is 51.7 Å².